The Labute approximate surface area is 198 Å². The summed E-state index contributed by atoms with van der Waals surface area (Å²) in [6, 6.07) is 16.5. The van der Waals surface area contributed by atoms with Gasteiger partial charge in [-0.15, -0.1) is 0 Å². The second-order valence-electron chi connectivity index (χ2n) is 7.91. The highest BCUT2D eigenvalue weighted by Crippen LogP contribution is 2.20. The van der Waals surface area contributed by atoms with Gasteiger partial charge >= 0.3 is 0 Å². The highest BCUT2D eigenvalue weighted by Gasteiger charge is 2.10. The Morgan fingerprint density at radius 3 is 2.30 bits per heavy atom. The Morgan fingerprint density at radius 2 is 1.64 bits per heavy atom. The van der Waals surface area contributed by atoms with Crippen LogP contribution in [0.3, 0.4) is 0 Å². The van der Waals surface area contributed by atoms with E-state index >= 15 is 0 Å². The van der Waals surface area contributed by atoms with E-state index in [0.717, 1.165) is 27.7 Å². The molecule has 2 aromatic carbocycles. The Balaban J connectivity index is 1.47. The fraction of sp³-hybridized carbons (Fsp3) is 0.280. The molecule has 33 heavy (non-hydrogen) atoms. The molecule has 2 amide bonds. The first-order chi connectivity index (χ1) is 15.8. The van der Waals surface area contributed by atoms with Crippen molar-refractivity contribution in [3.63, 3.8) is 0 Å². The van der Waals surface area contributed by atoms with Crippen molar-refractivity contribution < 1.29 is 14.3 Å². The minimum atomic E-state index is -0.378. The maximum Gasteiger partial charge on any atom is 0.269 e. The molecule has 0 unspecified atom stereocenters. The van der Waals surface area contributed by atoms with E-state index in [1.165, 1.54) is 0 Å². The molecule has 7 nitrogen and oxygen atoms in total. The monoisotopic (exact) mass is 464 g/mol. The van der Waals surface area contributed by atoms with E-state index in [2.05, 4.69) is 20.8 Å². The van der Waals surface area contributed by atoms with Gasteiger partial charge in [0, 0.05) is 22.7 Å². The predicted octanol–water partition coefficient (Wildman–Crippen LogP) is 4.18. The SMILES string of the molecule is Cc1cc(C)nc(SCc2ccc(C(=O)NNC(=O)Cc3cccc(OC(C)C)c3)cc2)n1. The first-order valence-corrected chi connectivity index (χ1v) is 11.7. The van der Waals surface area contributed by atoms with Gasteiger partial charge in [0.1, 0.15) is 5.75 Å². The normalized spacial score (nSPS) is 10.7. The fourth-order valence-corrected chi connectivity index (χ4v) is 3.99. The van der Waals surface area contributed by atoms with Gasteiger partial charge in [0.25, 0.3) is 5.91 Å². The van der Waals surface area contributed by atoms with Crippen LogP contribution in [0.5, 0.6) is 5.75 Å². The molecule has 8 heteroatoms. The zero-order chi connectivity index (χ0) is 23.8. The number of thioether (sulfide) groups is 1. The number of benzene rings is 2. The van der Waals surface area contributed by atoms with Gasteiger partial charge in [-0.25, -0.2) is 9.97 Å². The highest BCUT2D eigenvalue weighted by molar-refractivity contribution is 7.98. The molecule has 0 atom stereocenters. The number of ether oxygens (including phenoxy) is 1. The molecule has 3 aromatic rings. The van der Waals surface area contributed by atoms with Gasteiger partial charge in [0.15, 0.2) is 5.16 Å². The number of amides is 2. The quantitative estimate of drug-likeness (QED) is 0.295. The minimum Gasteiger partial charge on any atom is -0.491 e. The molecule has 1 heterocycles. The predicted molar refractivity (Wildman–Crippen MR) is 129 cm³/mol. The maximum atomic E-state index is 12.4. The molecule has 0 fully saturated rings. The Bertz CT molecular complexity index is 1100. The van der Waals surface area contributed by atoms with E-state index in [1.54, 1.807) is 23.9 Å². The van der Waals surface area contributed by atoms with Crippen LogP contribution in [0.1, 0.15) is 46.7 Å². The summed E-state index contributed by atoms with van der Waals surface area (Å²) in [6.45, 7) is 7.78. The first-order valence-electron chi connectivity index (χ1n) is 10.7. The largest absolute Gasteiger partial charge is 0.491 e. The third-order valence-electron chi connectivity index (χ3n) is 4.50. The van der Waals surface area contributed by atoms with Gasteiger partial charge in [0.2, 0.25) is 5.91 Å². The topological polar surface area (TPSA) is 93.2 Å². The van der Waals surface area contributed by atoms with Crippen LogP contribution >= 0.6 is 11.8 Å². The van der Waals surface area contributed by atoms with Crippen LogP contribution in [0.25, 0.3) is 0 Å². The smallest absolute Gasteiger partial charge is 0.269 e. The first kappa shape index (κ1) is 24.3. The lowest BCUT2D eigenvalue weighted by molar-refractivity contribution is -0.121. The molecule has 0 spiro atoms. The standard InChI is InChI=1S/C25H28N4O3S/c1-16(2)32-22-7-5-6-20(13-22)14-23(30)28-29-24(31)21-10-8-19(9-11-21)15-33-25-26-17(3)12-18(4)27-25/h5-13,16H,14-15H2,1-4H3,(H,28,30)(H,29,31). The number of rotatable bonds is 8. The summed E-state index contributed by atoms with van der Waals surface area (Å²) in [6.07, 6.45) is 0.185. The van der Waals surface area contributed by atoms with Crippen LogP contribution in [0.4, 0.5) is 0 Å². The van der Waals surface area contributed by atoms with Gasteiger partial charge < -0.3 is 4.74 Å². The number of aryl methyl sites for hydroxylation is 2. The Kier molecular flexibility index (Phi) is 8.43. The number of carbonyl (C=O) groups is 2. The number of hydrazine groups is 1. The number of nitrogens with one attached hydrogen (secondary N) is 2. The second-order valence-corrected chi connectivity index (χ2v) is 8.85. The number of carbonyl (C=O) groups excluding carboxylic acids is 2. The molecule has 2 N–H and O–H groups in total. The van der Waals surface area contributed by atoms with Crippen LogP contribution in [0, 0.1) is 13.8 Å². The number of hydrogen-bond donors (Lipinski definition) is 2. The van der Waals surface area contributed by atoms with Crippen molar-refractivity contribution in [1.29, 1.82) is 0 Å². The highest BCUT2D eigenvalue weighted by atomic mass is 32.2. The van der Waals surface area contributed by atoms with Crippen LogP contribution in [-0.4, -0.2) is 27.9 Å². The molecule has 0 saturated carbocycles. The summed E-state index contributed by atoms with van der Waals surface area (Å²) in [4.78, 5) is 33.4. The van der Waals surface area contributed by atoms with Crippen molar-refractivity contribution in [2.75, 3.05) is 0 Å². The minimum absolute atomic E-state index is 0.0541. The molecule has 0 radical (unpaired) electrons. The van der Waals surface area contributed by atoms with Crippen LogP contribution in [0.2, 0.25) is 0 Å². The molecule has 0 saturated heterocycles. The molecular weight excluding hydrogens is 436 g/mol. The van der Waals surface area contributed by atoms with E-state index in [9.17, 15) is 9.59 Å². The Morgan fingerprint density at radius 1 is 0.939 bits per heavy atom. The third-order valence-corrected chi connectivity index (χ3v) is 5.41. The lowest BCUT2D eigenvalue weighted by Crippen LogP contribution is -2.42. The molecule has 0 bridgehead atoms. The van der Waals surface area contributed by atoms with Crippen molar-refractivity contribution in [1.82, 2.24) is 20.8 Å². The van der Waals surface area contributed by atoms with Crippen molar-refractivity contribution in [2.24, 2.45) is 0 Å². The average molecular weight is 465 g/mol. The summed E-state index contributed by atoms with van der Waals surface area (Å²) >= 11 is 1.55. The fourth-order valence-electron chi connectivity index (χ4n) is 3.09. The third kappa shape index (κ3) is 7.91. The number of nitrogens with zero attached hydrogens (tertiary/aromatic N) is 2. The van der Waals surface area contributed by atoms with Crippen molar-refractivity contribution in [2.45, 2.75) is 51.1 Å². The lowest BCUT2D eigenvalue weighted by atomic mass is 10.1. The molecule has 0 aliphatic heterocycles. The molecular formula is C25H28N4O3S. The van der Waals surface area contributed by atoms with Gasteiger partial charge in [-0.3, -0.25) is 20.4 Å². The van der Waals surface area contributed by atoms with Gasteiger partial charge in [-0.1, -0.05) is 36.0 Å². The summed E-state index contributed by atoms with van der Waals surface area (Å²) < 4.78 is 5.64. The van der Waals surface area contributed by atoms with E-state index in [4.69, 9.17) is 4.74 Å². The maximum absolute atomic E-state index is 12.4. The molecule has 1 aromatic heterocycles. The average Bonchev–Trinajstić information content (AvgIpc) is 2.75. The zero-order valence-electron chi connectivity index (χ0n) is 19.2. The molecule has 3 rings (SSSR count). The molecule has 0 aliphatic rings. The van der Waals surface area contributed by atoms with E-state index in [1.807, 2.05) is 70.2 Å². The van der Waals surface area contributed by atoms with Crippen molar-refractivity contribution in [3.05, 3.63) is 82.7 Å². The van der Waals surface area contributed by atoms with E-state index < -0.39 is 0 Å². The molecule has 172 valence electrons. The van der Waals surface area contributed by atoms with Crippen LogP contribution < -0.4 is 15.6 Å². The summed E-state index contributed by atoms with van der Waals surface area (Å²) in [5, 5.41) is 0.735. The van der Waals surface area contributed by atoms with E-state index in [0.29, 0.717) is 17.1 Å². The molecule has 0 aliphatic carbocycles. The lowest BCUT2D eigenvalue weighted by Gasteiger charge is -2.11. The van der Waals surface area contributed by atoms with Crippen molar-refractivity contribution in [3.8, 4) is 5.75 Å². The number of hydrogen-bond acceptors (Lipinski definition) is 6. The second kappa shape index (κ2) is 11.5. The van der Waals surface area contributed by atoms with Crippen LogP contribution in [-0.2, 0) is 17.0 Å². The summed E-state index contributed by atoms with van der Waals surface area (Å²) in [5.41, 5.74) is 9.11. The van der Waals surface area contributed by atoms with Gasteiger partial charge in [0.05, 0.1) is 12.5 Å². The summed E-state index contributed by atoms with van der Waals surface area (Å²) in [5.74, 6) is 0.714. The number of aromatic nitrogens is 2. The van der Waals surface area contributed by atoms with Crippen LogP contribution in [0.15, 0.2) is 59.8 Å². The Hall–Kier alpha value is -3.39. The van der Waals surface area contributed by atoms with Gasteiger partial charge in [-0.2, -0.15) is 0 Å². The zero-order valence-corrected chi connectivity index (χ0v) is 20.0. The van der Waals surface area contributed by atoms with Gasteiger partial charge in [-0.05, 0) is 69.2 Å². The van der Waals surface area contributed by atoms with Crippen molar-refractivity contribution >= 4 is 23.6 Å². The summed E-state index contributed by atoms with van der Waals surface area (Å²) in [7, 11) is 0. The van der Waals surface area contributed by atoms with E-state index in [-0.39, 0.29) is 24.3 Å².